The Morgan fingerprint density at radius 1 is 1.00 bits per heavy atom. The largest absolute Gasteiger partial charge is 0.493 e. The normalized spacial score (nSPS) is 11.5. The van der Waals surface area contributed by atoms with Crippen molar-refractivity contribution in [2.45, 2.75) is 51.4 Å². The zero-order valence-corrected chi connectivity index (χ0v) is 26.2. The summed E-state index contributed by atoms with van der Waals surface area (Å²) >= 11 is 3.64. The molecule has 7 nitrogen and oxygen atoms in total. The number of esters is 1. The second kappa shape index (κ2) is 13.6. The second-order valence-electron chi connectivity index (χ2n) is 10.5. The van der Waals surface area contributed by atoms with Crippen LogP contribution in [0.2, 0.25) is 0 Å². The number of benzene rings is 3. The minimum Gasteiger partial charge on any atom is -0.493 e. The quantitative estimate of drug-likeness (QED) is 0.0836. The van der Waals surface area contributed by atoms with Gasteiger partial charge in [-0.15, -0.1) is 0 Å². The molecular formula is C34H39BrN4O3. The molecule has 8 heteroatoms. The van der Waals surface area contributed by atoms with E-state index in [0.29, 0.717) is 43.7 Å². The van der Waals surface area contributed by atoms with E-state index in [2.05, 4.69) is 63.8 Å². The monoisotopic (exact) mass is 630 g/mol. The number of halogens is 1. The van der Waals surface area contributed by atoms with E-state index in [1.165, 1.54) is 0 Å². The van der Waals surface area contributed by atoms with Crippen molar-refractivity contribution in [1.29, 1.82) is 0 Å². The van der Waals surface area contributed by atoms with Crippen LogP contribution in [0.15, 0.2) is 60.7 Å². The fourth-order valence-corrected chi connectivity index (χ4v) is 6.27. The van der Waals surface area contributed by atoms with Gasteiger partial charge < -0.3 is 19.8 Å². The molecule has 0 aliphatic carbocycles. The maximum atomic E-state index is 13.6. The van der Waals surface area contributed by atoms with Crippen molar-refractivity contribution in [1.82, 2.24) is 14.3 Å². The molecule has 0 atom stereocenters. The lowest BCUT2D eigenvalue weighted by atomic mass is 9.98. The first-order chi connectivity index (χ1) is 20.5. The maximum absolute atomic E-state index is 13.6. The van der Waals surface area contributed by atoms with Crippen molar-refractivity contribution >= 4 is 43.6 Å². The van der Waals surface area contributed by atoms with E-state index in [9.17, 15) is 4.79 Å². The highest BCUT2D eigenvalue weighted by molar-refractivity contribution is 9.08. The van der Waals surface area contributed by atoms with E-state index in [-0.39, 0.29) is 5.97 Å². The van der Waals surface area contributed by atoms with E-state index in [0.717, 1.165) is 74.8 Å². The predicted molar refractivity (Wildman–Crippen MR) is 174 cm³/mol. The van der Waals surface area contributed by atoms with Crippen molar-refractivity contribution in [3.8, 4) is 16.9 Å². The zero-order chi connectivity index (χ0) is 29.6. The molecule has 2 N–H and O–H groups in total. The number of para-hydroxylation sites is 1. The highest BCUT2D eigenvalue weighted by atomic mass is 79.9. The topological polar surface area (TPSA) is 84.3 Å². The zero-order valence-electron chi connectivity index (χ0n) is 24.7. The molecule has 0 saturated heterocycles. The van der Waals surface area contributed by atoms with Gasteiger partial charge in [0.25, 0.3) is 0 Å². The van der Waals surface area contributed by atoms with Crippen LogP contribution in [-0.2, 0) is 30.1 Å². The molecule has 5 rings (SSSR count). The summed E-state index contributed by atoms with van der Waals surface area (Å²) in [5, 5.41) is 8.71. The molecule has 2 aromatic heterocycles. The van der Waals surface area contributed by atoms with Crippen LogP contribution in [0.25, 0.3) is 32.8 Å². The third-order valence-electron chi connectivity index (χ3n) is 7.87. The number of unbranched alkanes of at least 4 members (excludes halogenated alkanes) is 1. The molecule has 0 bridgehead atoms. The Morgan fingerprint density at radius 2 is 1.76 bits per heavy atom. The summed E-state index contributed by atoms with van der Waals surface area (Å²) in [5.41, 5.74) is 12.8. The molecule has 0 radical (unpaired) electrons. The number of nitrogens with two attached hydrogens (primary N) is 1. The lowest BCUT2D eigenvalue weighted by molar-refractivity contribution is 0.0512. The molecule has 220 valence electrons. The van der Waals surface area contributed by atoms with Crippen LogP contribution in [0.5, 0.6) is 5.75 Å². The van der Waals surface area contributed by atoms with E-state index in [4.69, 9.17) is 20.3 Å². The van der Waals surface area contributed by atoms with Gasteiger partial charge in [0.2, 0.25) is 0 Å². The van der Waals surface area contributed by atoms with Gasteiger partial charge in [-0.25, -0.2) is 4.79 Å². The van der Waals surface area contributed by atoms with Crippen LogP contribution >= 0.6 is 15.9 Å². The smallest absolute Gasteiger partial charge is 0.355 e. The Labute approximate surface area is 255 Å². The van der Waals surface area contributed by atoms with Crippen molar-refractivity contribution in [3.05, 3.63) is 83.3 Å². The van der Waals surface area contributed by atoms with Gasteiger partial charge in [-0.05, 0) is 63.1 Å². The first kappa shape index (κ1) is 29.9. The predicted octanol–water partition coefficient (Wildman–Crippen LogP) is 7.33. The van der Waals surface area contributed by atoms with Gasteiger partial charge in [0.05, 0.1) is 24.4 Å². The van der Waals surface area contributed by atoms with Crippen molar-refractivity contribution in [2.24, 2.45) is 12.8 Å². The Kier molecular flexibility index (Phi) is 9.65. The van der Waals surface area contributed by atoms with Gasteiger partial charge in [0, 0.05) is 46.5 Å². The number of carbonyl (C=O) groups is 1. The average Bonchev–Trinajstić information content (AvgIpc) is 3.48. The molecule has 5 aromatic rings. The minimum absolute atomic E-state index is 0.291. The Morgan fingerprint density at radius 3 is 2.55 bits per heavy atom. The number of nitrogens with zero attached hydrogens (tertiary/aromatic N) is 3. The van der Waals surface area contributed by atoms with Crippen molar-refractivity contribution in [2.75, 3.05) is 19.8 Å². The number of hydrogen-bond donors (Lipinski definition) is 1. The van der Waals surface area contributed by atoms with Gasteiger partial charge in [-0.2, -0.15) is 5.10 Å². The van der Waals surface area contributed by atoms with Gasteiger partial charge >= 0.3 is 5.97 Å². The van der Waals surface area contributed by atoms with Gasteiger partial charge in [-0.1, -0.05) is 70.5 Å². The summed E-state index contributed by atoms with van der Waals surface area (Å²) in [6.45, 7) is 6.07. The van der Waals surface area contributed by atoms with E-state index in [1.807, 2.05) is 42.9 Å². The highest BCUT2D eigenvalue weighted by Crippen LogP contribution is 2.39. The van der Waals surface area contributed by atoms with Crippen LogP contribution in [0.4, 0.5) is 0 Å². The molecule has 3 aromatic carbocycles. The van der Waals surface area contributed by atoms with Gasteiger partial charge in [-0.3, -0.25) is 4.68 Å². The standard InChI is InChI=1S/C34H39BrN4O3/c1-4-41-34(40)33-27(17-11-21-42-30-18-9-13-24-12-5-6-14-25(24)30)26-15-10-16-28(32(26)39(33)20-8-7-19-36)31-23(2)38(3)37-29(31)22-35/h5-6,9-10,12-16,18H,4,7-8,11,17,19-22,36H2,1-3H3. The summed E-state index contributed by atoms with van der Waals surface area (Å²) in [5.74, 6) is 0.584. The van der Waals surface area contributed by atoms with Gasteiger partial charge in [0.1, 0.15) is 11.4 Å². The fraction of sp³-hybridized carbons (Fsp3) is 0.353. The maximum Gasteiger partial charge on any atom is 0.355 e. The number of hydrogen-bond acceptors (Lipinski definition) is 5. The highest BCUT2D eigenvalue weighted by Gasteiger charge is 2.27. The molecule has 0 amide bonds. The Bertz CT molecular complexity index is 1700. The SMILES string of the molecule is CCOC(=O)c1c(CCCOc2cccc3ccccc23)c2cccc(-c3c(CBr)nn(C)c3C)c2n1CCCCN. The number of rotatable bonds is 13. The number of aryl methyl sites for hydroxylation is 3. The minimum atomic E-state index is -0.291. The summed E-state index contributed by atoms with van der Waals surface area (Å²) in [6.07, 6.45) is 3.17. The molecule has 2 heterocycles. The summed E-state index contributed by atoms with van der Waals surface area (Å²) in [6, 6.07) is 20.7. The van der Waals surface area contributed by atoms with E-state index in [1.54, 1.807) is 0 Å². The molecule has 0 aliphatic rings. The summed E-state index contributed by atoms with van der Waals surface area (Å²) in [4.78, 5) is 13.6. The van der Waals surface area contributed by atoms with Crippen LogP contribution < -0.4 is 10.5 Å². The molecule has 42 heavy (non-hydrogen) atoms. The fourth-order valence-electron chi connectivity index (χ4n) is 5.88. The number of carbonyl (C=O) groups excluding carboxylic acids is 1. The van der Waals surface area contributed by atoms with Crippen molar-refractivity contribution in [3.63, 3.8) is 0 Å². The first-order valence-corrected chi connectivity index (χ1v) is 15.8. The average molecular weight is 632 g/mol. The molecule has 0 saturated carbocycles. The second-order valence-corrected chi connectivity index (χ2v) is 11.1. The number of alkyl halides is 1. The number of aromatic nitrogens is 3. The Hall–Kier alpha value is -3.62. The van der Waals surface area contributed by atoms with Crippen LogP contribution in [0.1, 0.15) is 53.6 Å². The molecule has 0 spiro atoms. The molecular weight excluding hydrogens is 592 g/mol. The number of ether oxygens (including phenoxy) is 2. The third-order valence-corrected chi connectivity index (χ3v) is 8.40. The first-order valence-electron chi connectivity index (χ1n) is 14.7. The van der Waals surface area contributed by atoms with Crippen LogP contribution in [-0.4, -0.2) is 40.1 Å². The third kappa shape index (κ3) is 5.83. The summed E-state index contributed by atoms with van der Waals surface area (Å²) < 4.78 is 16.0. The van der Waals surface area contributed by atoms with E-state index >= 15 is 0 Å². The number of fused-ring (bicyclic) bond motifs is 2. The van der Waals surface area contributed by atoms with E-state index < -0.39 is 0 Å². The lowest BCUT2D eigenvalue weighted by Crippen LogP contribution is -2.15. The Balaban J connectivity index is 1.57. The molecule has 0 unspecified atom stereocenters. The van der Waals surface area contributed by atoms with Crippen molar-refractivity contribution < 1.29 is 14.3 Å². The van der Waals surface area contributed by atoms with Crippen LogP contribution in [0, 0.1) is 6.92 Å². The van der Waals surface area contributed by atoms with Gasteiger partial charge in [0.15, 0.2) is 0 Å². The lowest BCUT2D eigenvalue weighted by Gasteiger charge is -2.14. The molecule has 0 aliphatic heterocycles. The van der Waals surface area contributed by atoms with Crippen LogP contribution in [0.3, 0.4) is 0 Å². The summed E-state index contributed by atoms with van der Waals surface area (Å²) in [7, 11) is 1.97. The molecule has 0 fully saturated rings.